The number of aryl methyl sites for hydroxylation is 4. The maximum atomic E-state index is 2.52. The lowest BCUT2D eigenvalue weighted by molar-refractivity contribution is -0.632. The Hall–Kier alpha value is -2.71. The van der Waals surface area contributed by atoms with Crippen LogP contribution in [0, 0.1) is 20.8 Å². The summed E-state index contributed by atoms with van der Waals surface area (Å²) < 4.78 is 2.47. The van der Waals surface area contributed by atoms with Crippen molar-refractivity contribution < 1.29 is 4.57 Å². The molecule has 1 aromatic heterocycles. The Bertz CT molecular complexity index is 1310. The molecule has 5 rings (SSSR count). The van der Waals surface area contributed by atoms with Crippen molar-refractivity contribution in [1.82, 2.24) is 0 Å². The first-order chi connectivity index (χ1) is 13.8. The highest BCUT2D eigenvalue weighted by molar-refractivity contribution is 7.04. The van der Waals surface area contributed by atoms with Gasteiger partial charge in [0.05, 0.1) is 5.39 Å². The van der Waals surface area contributed by atoms with Gasteiger partial charge in [0, 0.05) is 22.4 Å². The van der Waals surface area contributed by atoms with Gasteiger partial charge >= 0.3 is 0 Å². The summed E-state index contributed by atoms with van der Waals surface area (Å²) in [6.07, 6.45) is 0. The van der Waals surface area contributed by atoms with Gasteiger partial charge < -0.3 is 0 Å². The van der Waals surface area contributed by atoms with Gasteiger partial charge in [0.1, 0.15) is 15.1 Å². The molecule has 29 heavy (non-hydrogen) atoms. The first kappa shape index (κ1) is 18.3. The van der Waals surface area contributed by atoms with Crippen molar-refractivity contribution in [1.29, 1.82) is 0 Å². The third kappa shape index (κ3) is 2.42. The van der Waals surface area contributed by atoms with Crippen LogP contribution in [0.3, 0.4) is 0 Å². The number of rotatable bonds is 1. The summed E-state index contributed by atoms with van der Waals surface area (Å²) in [5.41, 5.74) is 11.1. The van der Waals surface area contributed by atoms with Gasteiger partial charge in [-0.3, -0.25) is 0 Å². The molecule has 0 radical (unpaired) electrons. The molecule has 0 N–H and O–H groups in total. The fourth-order valence-electron chi connectivity index (χ4n) is 5.48. The Morgan fingerprint density at radius 1 is 0.759 bits per heavy atom. The van der Waals surface area contributed by atoms with E-state index in [4.69, 9.17) is 0 Å². The fraction of sp³-hybridized carbons (Fsp3) is 0.222. The molecule has 1 nitrogen and oxygen atoms in total. The molecule has 2 heteroatoms. The SMILES string of the molecule is Cc1cc(C)c2c3c(c(-c4ccccc4C)[n+](C)c2c1)[Si](C)(C)c1ccccc1-3. The highest BCUT2D eigenvalue weighted by atomic mass is 28.3. The third-order valence-corrected chi connectivity index (χ3v) is 10.3. The Morgan fingerprint density at radius 2 is 1.41 bits per heavy atom. The zero-order valence-corrected chi connectivity index (χ0v) is 19.2. The molecule has 0 fully saturated rings. The van der Waals surface area contributed by atoms with Gasteiger partial charge in [-0.25, -0.2) is 0 Å². The van der Waals surface area contributed by atoms with Crippen molar-refractivity contribution in [2.75, 3.05) is 0 Å². The molecule has 0 saturated carbocycles. The molecule has 0 spiro atoms. The van der Waals surface area contributed by atoms with Gasteiger partial charge in [0.15, 0.2) is 0 Å². The molecule has 2 heterocycles. The summed E-state index contributed by atoms with van der Waals surface area (Å²) in [5, 5.41) is 4.59. The van der Waals surface area contributed by atoms with E-state index in [9.17, 15) is 0 Å². The number of hydrogen-bond donors (Lipinski definition) is 0. The maximum absolute atomic E-state index is 2.52. The van der Waals surface area contributed by atoms with E-state index in [0.717, 1.165) is 0 Å². The minimum Gasteiger partial charge on any atom is -0.194 e. The van der Waals surface area contributed by atoms with Crippen LogP contribution in [-0.4, -0.2) is 8.07 Å². The van der Waals surface area contributed by atoms with E-state index in [1.807, 2.05) is 0 Å². The largest absolute Gasteiger partial charge is 0.213 e. The van der Waals surface area contributed by atoms with Crippen molar-refractivity contribution in [2.45, 2.75) is 33.9 Å². The first-order valence-corrected chi connectivity index (χ1v) is 13.5. The highest BCUT2D eigenvalue weighted by Gasteiger charge is 2.45. The smallest absolute Gasteiger partial charge is 0.194 e. The zero-order chi connectivity index (χ0) is 20.5. The molecule has 0 bridgehead atoms. The van der Waals surface area contributed by atoms with E-state index < -0.39 is 8.07 Å². The van der Waals surface area contributed by atoms with Crippen molar-refractivity contribution >= 4 is 29.4 Å². The van der Waals surface area contributed by atoms with Crippen molar-refractivity contribution in [3.63, 3.8) is 0 Å². The lowest BCUT2D eigenvalue weighted by Crippen LogP contribution is -2.54. The molecule has 0 saturated heterocycles. The summed E-state index contributed by atoms with van der Waals surface area (Å²) in [6, 6.07) is 22.7. The van der Waals surface area contributed by atoms with E-state index in [1.165, 1.54) is 50.0 Å². The van der Waals surface area contributed by atoms with Crippen LogP contribution in [0.1, 0.15) is 16.7 Å². The van der Waals surface area contributed by atoms with Crippen LogP contribution in [-0.2, 0) is 7.05 Å². The van der Waals surface area contributed by atoms with Gasteiger partial charge in [-0.2, -0.15) is 4.57 Å². The molecule has 0 aliphatic carbocycles. The van der Waals surface area contributed by atoms with E-state index in [1.54, 1.807) is 10.4 Å². The summed E-state index contributed by atoms with van der Waals surface area (Å²) in [6.45, 7) is 11.8. The summed E-state index contributed by atoms with van der Waals surface area (Å²) in [7, 11) is 0.423. The second kappa shape index (κ2) is 6.14. The highest BCUT2D eigenvalue weighted by Crippen LogP contribution is 2.38. The second-order valence-electron chi connectivity index (χ2n) is 9.12. The normalized spacial score (nSPS) is 14.1. The van der Waals surface area contributed by atoms with Crippen LogP contribution in [0.4, 0.5) is 0 Å². The van der Waals surface area contributed by atoms with E-state index >= 15 is 0 Å². The van der Waals surface area contributed by atoms with Crippen LogP contribution in [0.2, 0.25) is 13.1 Å². The van der Waals surface area contributed by atoms with Gasteiger partial charge in [-0.05, 0) is 54.3 Å². The lowest BCUT2D eigenvalue weighted by Gasteiger charge is -2.22. The van der Waals surface area contributed by atoms with E-state index in [2.05, 4.69) is 106 Å². The summed E-state index contributed by atoms with van der Waals surface area (Å²) in [4.78, 5) is 0. The standard InChI is InChI=1S/C27H28NSi/c1-17-15-19(3)24-22(16-17)28(4)26(20-12-8-7-11-18(20)2)27-25(24)21-13-9-10-14-23(21)29(27,5)6/h7-16H,1-6H3/q+1. The maximum Gasteiger partial charge on any atom is 0.213 e. The predicted octanol–water partition coefficient (Wildman–Crippen LogP) is 5.06. The summed E-state index contributed by atoms with van der Waals surface area (Å²) >= 11 is 0. The molecular weight excluding hydrogens is 366 g/mol. The quantitative estimate of drug-likeness (QED) is 0.314. The van der Waals surface area contributed by atoms with Gasteiger partial charge in [0.25, 0.3) is 0 Å². The number of fused-ring (bicyclic) bond motifs is 5. The average molecular weight is 395 g/mol. The van der Waals surface area contributed by atoms with Crippen LogP contribution in [0.25, 0.3) is 33.3 Å². The topological polar surface area (TPSA) is 3.88 Å². The molecule has 3 aromatic carbocycles. The summed E-state index contributed by atoms with van der Waals surface area (Å²) in [5.74, 6) is 0. The molecule has 0 unspecified atom stereocenters. The minimum absolute atomic E-state index is 1.32. The predicted molar refractivity (Wildman–Crippen MR) is 127 cm³/mol. The van der Waals surface area contributed by atoms with Crippen LogP contribution in [0.15, 0.2) is 60.7 Å². The number of hydrogen-bond acceptors (Lipinski definition) is 0. The number of aromatic nitrogens is 1. The molecule has 4 aromatic rings. The monoisotopic (exact) mass is 394 g/mol. The molecule has 1 aliphatic heterocycles. The van der Waals surface area contributed by atoms with Crippen molar-refractivity contribution in [2.24, 2.45) is 7.05 Å². The molecule has 0 atom stereocenters. The molecule has 144 valence electrons. The Morgan fingerprint density at radius 3 is 2.14 bits per heavy atom. The van der Waals surface area contributed by atoms with E-state index in [0.29, 0.717) is 0 Å². The van der Waals surface area contributed by atoms with E-state index in [-0.39, 0.29) is 0 Å². The lowest BCUT2D eigenvalue weighted by atomic mass is 9.93. The molecule has 1 aliphatic rings. The molecular formula is C27H28NSi+. The van der Waals surface area contributed by atoms with Crippen LogP contribution < -0.4 is 14.9 Å². The van der Waals surface area contributed by atoms with Crippen molar-refractivity contribution in [3.8, 4) is 22.4 Å². The average Bonchev–Trinajstić information content (AvgIpc) is 2.91. The minimum atomic E-state index is -1.84. The van der Waals surface area contributed by atoms with Crippen molar-refractivity contribution in [3.05, 3.63) is 77.4 Å². The number of benzene rings is 3. The third-order valence-electron chi connectivity index (χ3n) is 6.79. The van der Waals surface area contributed by atoms with Gasteiger partial charge in [0.2, 0.25) is 11.2 Å². The molecule has 0 amide bonds. The fourth-order valence-corrected chi connectivity index (χ4v) is 8.92. The first-order valence-electron chi connectivity index (χ1n) is 10.5. The zero-order valence-electron chi connectivity index (χ0n) is 18.2. The van der Waals surface area contributed by atoms with Crippen LogP contribution >= 0.6 is 0 Å². The second-order valence-corrected chi connectivity index (χ2v) is 13.4. The Kier molecular flexibility index (Phi) is 3.88. The van der Waals surface area contributed by atoms with Gasteiger partial charge in [-0.15, -0.1) is 0 Å². The number of pyridine rings is 1. The van der Waals surface area contributed by atoms with Crippen LogP contribution in [0.5, 0.6) is 0 Å². The Labute approximate surface area is 174 Å². The Balaban J connectivity index is 2.09. The van der Waals surface area contributed by atoms with Gasteiger partial charge in [-0.1, -0.05) is 61.6 Å². The number of nitrogens with zero attached hydrogens (tertiary/aromatic N) is 1.